The summed E-state index contributed by atoms with van der Waals surface area (Å²) >= 11 is 0. The van der Waals surface area contributed by atoms with Gasteiger partial charge < -0.3 is 5.73 Å². The zero-order valence-corrected chi connectivity index (χ0v) is 11.8. The summed E-state index contributed by atoms with van der Waals surface area (Å²) in [6.07, 6.45) is 0. The molecule has 0 fully saturated rings. The number of nitriles is 1. The first-order valence-corrected chi connectivity index (χ1v) is 6.62. The maximum Gasteiger partial charge on any atom is 0.248 e. The van der Waals surface area contributed by atoms with Crippen molar-refractivity contribution in [2.75, 3.05) is 0 Å². The standard InChI is InChI=1S/C16H10FN5O/c17-12-3-1-2-11(8-12)15-14(9-18)20-21-22(15)13-6-4-10(5-7-13)16(19)23/h1-8H,(H2,19,23). The van der Waals surface area contributed by atoms with Crippen LogP contribution >= 0.6 is 0 Å². The van der Waals surface area contributed by atoms with Crippen molar-refractivity contribution >= 4 is 5.91 Å². The van der Waals surface area contributed by atoms with E-state index in [-0.39, 0.29) is 5.69 Å². The SMILES string of the molecule is N#Cc1nnn(-c2ccc(C(N)=O)cc2)c1-c1cccc(F)c1. The van der Waals surface area contributed by atoms with Gasteiger partial charge in [-0.15, -0.1) is 5.10 Å². The number of amides is 1. The lowest BCUT2D eigenvalue weighted by Gasteiger charge is -2.07. The van der Waals surface area contributed by atoms with E-state index in [0.29, 0.717) is 22.5 Å². The largest absolute Gasteiger partial charge is 0.366 e. The highest BCUT2D eigenvalue weighted by Crippen LogP contribution is 2.25. The Morgan fingerprint density at radius 2 is 1.96 bits per heavy atom. The topological polar surface area (TPSA) is 97.6 Å². The maximum atomic E-state index is 13.5. The molecule has 1 aromatic heterocycles. The first-order chi connectivity index (χ1) is 11.1. The minimum Gasteiger partial charge on any atom is -0.366 e. The number of hydrogen-bond acceptors (Lipinski definition) is 4. The number of halogens is 1. The second-order valence-electron chi connectivity index (χ2n) is 4.73. The van der Waals surface area contributed by atoms with E-state index in [2.05, 4.69) is 10.3 Å². The molecule has 2 aromatic carbocycles. The lowest BCUT2D eigenvalue weighted by atomic mass is 10.1. The van der Waals surface area contributed by atoms with Crippen molar-refractivity contribution in [1.29, 1.82) is 5.26 Å². The van der Waals surface area contributed by atoms with Crippen LogP contribution in [0.15, 0.2) is 48.5 Å². The molecule has 1 amide bonds. The monoisotopic (exact) mass is 307 g/mol. The number of carbonyl (C=O) groups is 1. The van der Waals surface area contributed by atoms with Gasteiger partial charge in [0.1, 0.15) is 17.6 Å². The third kappa shape index (κ3) is 2.65. The van der Waals surface area contributed by atoms with Crippen LogP contribution in [-0.2, 0) is 0 Å². The van der Waals surface area contributed by atoms with Crippen molar-refractivity contribution in [3.05, 3.63) is 65.6 Å². The Morgan fingerprint density at radius 1 is 1.22 bits per heavy atom. The zero-order valence-electron chi connectivity index (χ0n) is 11.8. The number of rotatable bonds is 3. The Hall–Kier alpha value is -3.53. The Bertz CT molecular complexity index is 924. The zero-order chi connectivity index (χ0) is 16.4. The molecule has 0 aliphatic carbocycles. The molecule has 0 saturated heterocycles. The predicted molar refractivity (Wildman–Crippen MR) is 80.0 cm³/mol. The highest BCUT2D eigenvalue weighted by molar-refractivity contribution is 5.92. The fourth-order valence-corrected chi connectivity index (χ4v) is 2.20. The maximum absolute atomic E-state index is 13.5. The average molecular weight is 307 g/mol. The van der Waals surface area contributed by atoms with E-state index in [1.165, 1.54) is 16.8 Å². The fourth-order valence-electron chi connectivity index (χ4n) is 2.20. The van der Waals surface area contributed by atoms with Crippen LogP contribution in [0.1, 0.15) is 16.1 Å². The van der Waals surface area contributed by atoms with Crippen LogP contribution < -0.4 is 5.73 Å². The lowest BCUT2D eigenvalue weighted by Crippen LogP contribution is -2.11. The van der Waals surface area contributed by atoms with Crippen LogP contribution in [-0.4, -0.2) is 20.9 Å². The van der Waals surface area contributed by atoms with Crippen molar-refractivity contribution in [1.82, 2.24) is 15.0 Å². The van der Waals surface area contributed by atoms with E-state index >= 15 is 0 Å². The predicted octanol–water partition coefficient (Wildman–Crippen LogP) is 2.04. The summed E-state index contributed by atoms with van der Waals surface area (Å²) in [5.41, 5.74) is 7.06. The van der Waals surface area contributed by atoms with Gasteiger partial charge in [-0.3, -0.25) is 4.79 Å². The summed E-state index contributed by atoms with van der Waals surface area (Å²) < 4.78 is 14.9. The summed E-state index contributed by atoms with van der Waals surface area (Å²) in [5.74, 6) is -0.971. The average Bonchev–Trinajstić information content (AvgIpc) is 2.99. The van der Waals surface area contributed by atoms with Gasteiger partial charge in [0.25, 0.3) is 0 Å². The molecule has 0 saturated carbocycles. The molecule has 0 spiro atoms. The number of primary amides is 1. The van der Waals surface area contributed by atoms with Crippen molar-refractivity contribution in [3.8, 4) is 23.0 Å². The highest BCUT2D eigenvalue weighted by atomic mass is 19.1. The van der Waals surface area contributed by atoms with E-state index in [4.69, 9.17) is 5.73 Å². The molecule has 0 radical (unpaired) electrons. The lowest BCUT2D eigenvalue weighted by molar-refractivity contribution is 0.100. The second-order valence-corrected chi connectivity index (χ2v) is 4.73. The smallest absolute Gasteiger partial charge is 0.248 e. The molecular weight excluding hydrogens is 297 g/mol. The molecule has 0 unspecified atom stereocenters. The van der Waals surface area contributed by atoms with E-state index < -0.39 is 11.7 Å². The van der Waals surface area contributed by atoms with Gasteiger partial charge in [-0.2, -0.15) is 5.26 Å². The number of carbonyl (C=O) groups excluding carboxylic acids is 1. The highest BCUT2D eigenvalue weighted by Gasteiger charge is 2.16. The van der Waals surface area contributed by atoms with Crippen molar-refractivity contribution < 1.29 is 9.18 Å². The third-order valence-electron chi connectivity index (χ3n) is 3.27. The van der Waals surface area contributed by atoms with Gasteiger partial charge >= 0.3 is 0 Å². The van der Waals surface area contributed by atoms with Crippen molar-refractivity contribution in [3.63, 3.8) is 0 Å². The van der Waals surface area contributed by atoms with E-state index in [0.717, 1.165) is 0 Å². The van der Waals surface area contributed by atoms with Gasteiger partial charge in [-0.25, -0.2) is 9.07 Å². The molecule has 0 atom stereocenters. The Balaban J connectivity index is 2.16. The molecule has 2 N–H and O–H groups in total. The summed E-state index contributed by atoms with van der Waals surface area (Å²) in [4.78, 5) is 11.1. The normalized spacial score (nSPS) is 10.3. The number of nitrogens with zero attached hydrogens (tertiary/aromatic N) is 4. The third-order valence-corrected chi connectivity index (χ3v) is 3.27. The summed E-state index contributed by atoms with van der Waals surface area (Å²) in [5, 5.41) is 17.0. The Labute approximate surface area is 130 Å². The number of aromatic nitrogens is 3. The van der Waals surface area contributed by atoms with Crippen LogP contribution in [0.5, 0.6) is 0 Å². The van der Waals surface area contributed by atoms with E-state index in [1.807, 2.05) is 6.07 Å². The Morgan fingerprint density at radius 3 is 2.57 bits per heavy atom. The second kappa shape index (κ2) is 5.69. The van der Waals surface area contributed by atoms with Crippen molar-refractivity contribution in [2.24, 2.45) is 5.73 Å². The van der Waals surface area contributed by atoms with Crippen LogP contribution in [0, 0.1) is 17.1 Å². The molecule has 1 heterocycles. The van der Waals surface area contributed by atoms with Crippen molar-refractivity contribution in [2.45, 2.75) is 0 Å². The molecule has 7 heteroatoms. The fraction of sp³-hybridized carbons (Fsp3) is 0. The van der Waals surface area contributed by atoms with Gasteiger partial charge in [-0.05, 0) is 36.4 Å². The molecule has 112 valence electrons. The molecule has 0 bridgehead atoms. The molecule has 3 rings (SSSR count). The van der Waals surface area contributed by atoms with Gasteiger partial charge in [-0.1, -0.05) is 17.3 Å². The minimum absolute atomic E-state index is 0.0783. The van der Waals surface area contributed by atoms with Crippen LogP contribution in [0.25, 0.3) is 16.9 Å². The Kier molecular flexibility index (Phi) is 3.57. The van der Waals surface area contributed by atoms with Gasteiger partial charge in [0.05, 0.1) is 5.69 Å². The quantitative estimate of drug-likeness (QED) is 0.800. The van der Waals surface area contributed by atoms with Crippen LogP contribution in [0.3, 0.4) is 0 Å². The number of hydrogen-bond donors (Lipinski definition) is 1. The van der Waals surface area contributed by atoms with Crippen LogP contribution in [0.4, 0.5) is 4.39 Å². The molecule has 0 aliphatic heterocycles. The number of benzene rings is 2. The molecule has 23 heavy (non-hydrogen) atoms. The summed E-state index contributed by atoms with van der Waals surface area (Å²) in [6.45, 7) is 0. The first-order valence-electron chi connectivity index (χ1n) is 6.62. The molecule has 0 aliphatic rings. The molecular formula is C16H10FN5O. The summed E-state index contributed by atoms with van der Waals surface area (Å²) in [7, 11) is 0. The minimum atomic E-state index is -0.543. The van der Waals surface area contributed by atoms with Gasteiger partial charge in [0, 0.05) is 11.1 Å². The molecule has 6 nitrogen and oxygen atoms in total. The van der Waals surface area contributed by atoms with Gasteiger partial charge in [0.15, 0.2) is 5.69 Å². The molecule has 3 aromatic rings. The van der Waals surface area contributed by atoms with E-state index in [9.17, 15) is 14.4 Å². The van der Waals surface area contributed by atoms with Crippen LogP contribution in [0.2, 0.25) is 0 Å². The summed E-state index contributed by atoms with van der Waals surface area (Å²) in [6, 6.07) is 14.1. The number of nitrogens with two attached hydrogens (primary N) is 1. The first kappa shape index (κ1) is 14.4. The van der Waals surface area contributed by atoms with Gasteiger partial charge in [0.2, 0.25) is 5.91 Å². The van der Waals surface area contributed by atoms with E-state index in [1.54, 1.807) is 36.4 Å².